The molecule has 18 heavy (non-hydrogen) atoms. The average molecular weight is 276 g/mol. The van der Waals surface area contributed by atoms with Gasteiger partial charge in [0.05, 0.1) is 7.98 Å². The van der Waals surface area contributed by atoms with Crippen LogP contribution < -0.4 is 5.32 Å². The number of hydrogen-bond acceptors (Lipinski definition) is 6. The third kappa shape index (κ3) is 3.09. The minimum atomic E-state index is -5.30. The zero-order valence-electron chi connectivity index (χ0n) is 9.76. The van der Waals surface area contributed by atoms with Crippen molar-refractivity contribution in [2.24, 2.45) is 0 Å². The van der Waals surface area contributed by atoms with E-state index in [1.807, 2.05) is 0 Å². The van der Waals surface area contributed by atoms with E-state index in [1.54, 1.807) is 0 Å². The predicted octanol–water partition coefficient (Wildman–Crippen LogP) is -2.54. The maximum absolute atomic E-state index is 12.0. The summed E-state index contributed by atoms with van der Waals surface area (Å²) in [6, 6.07) is -2.24. The monoisotopic (exact) mass is 276 g/mol. The maximum atomic E-state index is 12.0. The zero-order chi connectivity index (χ0) is 15.0. The molecule has 0 radical (unpaired) electrons. The number of nitrogens with one attached hydrogen (secondary N) is 1. The first kappa shape index (κ1) is 13.5. The van der Waals surface area contributed by atoms with Crippen molar-refractivity contribution in [3.8, 4) is 0 Å². The zero-order valence-corrected chi connectivity index (χ0v) is 8.76. The van der Waals surface area contributed by atoms with Gasteiger partial charge in [0.15, 0.2) is 6.27 Å². The third-order valence-electron chi connectivity index (χ3n) is 2.33. The molecule has 0 aromatic heterocycles. The van der Waals surface area contributed by atoms with Gasteiger partial charge in [0.25, 0.3) is 0 Å². The van der Waals surface area contributed by atoms with Crippen LogP contribution in [0.3, 0.4) is 0 Å². The van der Waals surface area contributed by atoms with E-state index in [9.17, 15) is 33.3 Å². The first-order chi connectivity index (χ1) is 8.50. The van der Waals surface area contributed by atoms with Gasteiger partial charge in [0.1, 0.15) is 24.4 Å². The standard InChI is InChI=1S/C8H12F3NO6/c9-8(10,11)7(17)12-3-5(15)4(14)2(1-13)18-6(3)16/h2-6,13-16H,1H2,(H,12,17)/t2-,3-,4-,5-,6?/m1/s1/i6D. The van der Waals surface area contributed by atoms with Crippen molar-refractivity contribution in [2.75, 3.05) is 6.61 Å². The second kappa shape index (κ2) is 5.36. The van der Waals surface area contributed by atoms with Gasteiger partial charge in [-0.1, -0.05) is 0 Å². The molecule has 10 heteroatoms. The molecule has 0 saturated carbocycles. The van der Waals surface area contributed by atoms with Gasteiger partial charge in [-0.2, -0.15) is 13.2 Å². The summed E-state index contributed by atoms with van der Waals surface area (Å²) in [5.74, 6) is -2.51. The molecule has 0 aliphatic carbocycles. The highest BCUT2D eigenvalue weighted by Crippen LogP contribution is 2.21. The molecule has 1 heterocycles. The van der Waals surface area contributed by atoms with E-state index in [0.29, 0.717) is 0 Å². The number of carbonyl (C=O) groups is 1. The SMILES string of the molecule is [2H]C1(O)O[C@H](CO)[C@@H](O)[C@H](O)[C@H]1NC(=O)C(F)(F)F. The maximum Gasteiger partial charge on any atom is 0.471 e. The van der Waals surface area contributed by atoms with Crippen LogP contribution in [0.25, 0.3) is 0 Å². The molecule has 0 aromatic rings. The molecule has 1 unspecified atom stereocenters. The van der Waals surface area contributed by atoms with Crippen LogP contribution >= 0.6 is 0 Å². The Hall–Kier alpha value is -0.940. The van der Waals surface area contributed by atoms with Gasteiger partial charge in [0.2, 0.25) is 0 Å². The van der Waals surface area contributed by atoms with Crippen molar-refractivity contribution in [3.05, 3.63) is 0 Å². The van der Waals surface area contributed by atoms with Crippen molar-refractivity contribution >= 4 is 5.91 Å². The molecule has 1 fully saturated rings. The Bertz CT molecular complexity index is 352. The van der Waals surface area contributed by atoms with Crippen LogP contribution in [-0.4, -0.2) is 69.7 Å². The predicted molar refractivity (Wildman–Crippen MR) is 48.0 cm³/mol. The summed E-state index contributed by atoms with van der Waals surface area (Å²) in [5.41, 5.74) is 0. The van der Waals surface area contributed by atoms with Crippen LogP contribution in [0.5, 0.6) is 0 Å². The van der Waals surface area contributed by atoms with Gasteiger partial charge >= 0.3 is 12.1 Å². The summed E-state index contributed by atoms with van der Waals surface area (Å²) in [4.78, 5) is 10.7. The molecular formula is C8H12F3NO6. The Morgan fingerprint density at radius 1 is 1.33 bits per heavy atom. The summed E-state index contributed by atoms with van der Waals surface area (Å²) < 4.78 is 47.7. The highest BCUT2D eigenvalue weighted by atomic mass is 19.4. The molecule has 5 N–H and O–H groups in total. The molecule has 1 saturated heterocycles. The Balaban J connectivity index is 2.90. The van der Waals surface area contributed by atoms with Crippen LogP contribution in [0.2, 0.25) is 0 Å². The van der Waals surface area contributed by atoms with E-state index >= 15 is 0 Å². The molecule has 7 nitrogen and oxygen atoms in total. The third-order valence-corrected chi connectivity index (χ3v) is 2.33. The van der Waals surface area contributed by atoms with Gasteiger partial charge in [-0.05, 0) is 0 Å². The van der Waals surface area contributed by atoms with E-state index < -0.39 is 49.3 Å². The largest absolute Gasteiger partial charge is 0.471 e. The molecule has 1 rings (SSSR count). The van der Waals surface area contributed by atoms with E-state index in [-0.39, 0.29) is 0 Å². The smallest absolute Gasteiger partial charge is 0.394 e. The molecule has 1 amide bonds. The lowest BCUT2D eigenvalue weighted by atomic mass is 9.97. The van der Waals surface area contributed by atoms with Crippen LogP contribution in [0, 0.1) is 0 Å². The molecule has 1 aliphatic rings. The molecule has 106 valence electrons. The lowest BCUT2D eigenvalue weighted by Gasteiger charge is -2.40. The Labute approximate surface area is 100 Å². The van der Waals surface area contributed by atoms with E-state index in [2.05, 4.69) is 4.74 Å². The van der Waals surface area contributed by atoms with Crippen molar-refractivity contribution in [2.45, 2.75) is 36.8 Å². The fourth-order valence-corrected chi connectivity index (χ4v) is 1.38. The number of rotatable bonds is 2. The van der Waals surface area contributed by atoms with E-state index in [4.69, 9.17) is 6.48 Å². The number of carbonyl (C=O) groups excluding carboxylic acids is 1. The fraction of sp³-hybridized carbons (Fsp3) is 0.875. The summed E-state index contributed by atoms with van der Waals surface area (Å²) in [6.45, 7) is -0.890. The van der Waals surface area contributed by atoms with Crippen LogP contribution in [-0.2, 0) is 9.53 Å². The molecular weight excluding hydrogens is 263 g/mol. The number of amides is 1. The van der Waals surface area contributed by atoms with Gasteiger partial charge in [-0.25, -0.2) is 0 Å². The molecule has 1 aliphatic heterocycles. The summed E-state index contributed by atoms with van der Waals surface area (Å²) >= 11 is 0. The first-order valence-electron chi connectivity index (χ1n) is 5.25. The summed E-state index contributed by atoms with van der Waals surface area (Å²) in [6.07, 6.45) is -14.0. The van der Waals surface area contributed by atoms with E-state index in [1.165, 1.54) is 0 Å². The number of halogens is 3. The second-order valence-corrected chi connectivity index (χ2v) is 3.61. The van der Waals surface area contributed by atoms with Crippen LogP contribution in [0.1, 0.15) is 1.37 Å². The van der Waals surface area contributed by atoms with Gasteiger partial charge in [-0.3, -0.25) is 4.79 Å². The average Bonchev–Trinajstić information content (AvgIpc) is 2.27. The number of aliphatic hydroxyl groups excluding tert-OH is 3. The molecule has 0 spiro atoms. The lowest BCUT2D eigenvalue weighted by molar-refractivity contribution is -0.256. The van der Waals surface area contributed by atoms with Crippen molar-refractivity contribution in [3.63, 3.8) is 0 Å². The van der Waals surface area contributed by atoms with Crippen LogP contribution in [0.4, 0.5) is 13.2 Å². The van der Waals surface area contributed by atoms with Crippen LogP contribution in [0.15, 0.2) is 0 Å². The minimum absolute atomic E-state index is 0.890. The fourth-order valence-electron chi connectivity index (χ4n) is 1.38. The Kier molecular flexibility index (Phi) is 4.02. The first-order valence-corrected chi connectivity index (χ1v) is 4.75. The molecule has 0 bridgehead atoms. The lowest BCUT2D eigenvalue weighted by Crippen LogP contribution is -2.65. The van der Waals surface area contributed by atoms with Crippen molar-refractivity contribution in [1.82, 2.24) is 5.32 Å². The Morgan fingerprint density at radius 3 is 2.33 bits per heavy atom. The van der Waals surface area contributed by atoms with E-state index in [0.717, 1.165) is 5.32 Å². The van der Waals surface area contributed by atoms with Gasteiger partial charge < -0.3 is 30.5 Å². The number of hydrogen-bond donors (Lipinski definition) is 5. The summed E-state index contributed by atoms with van der Waals surface area (Å²) in [5, 5.41) is 38.2. The van der Waals surface area contributed by atoms with Gasteiger partial charge in [-0.15, -0.1) is 0 Å². The summed E-state index contributed by atoms with van der Waals surface area (Å²) in [7, 11) is 0. The quantitative estimate of drug-likeness (QED) is 0.379. The Morgan fingerprint density at radius 2 is 1.89 bits per heavy atom. The molecule has 0 aromatic carbocycles. The number of alkyl halides is 3. The topological polar surface area (TPSA) is 119 Å². The van der Waals surface area contributed by atoms with Gasteiger partial charge in [0, 0.05) is 0 Å². The normalized spacial score (nSPS) is 42.3. The molecule has 5 atom stereocenters. The minimum Gasteiger partial charge on any atom is -0.394 e. The number of aliphatic hydroxyl groups is 4. The van der Waals surface area contributed by atoms with Crippen molar-refractivity contribution < 1.29 is 44.5 Å². The highest BCUT2D eigenvalue weighted by Gasteiger charge is 2.48. The highest BCUT2D eigenvalue weighted by molar-refractivity contribution is 5.82. The number of ether oxygens (including phenoxy) is 1. The van der Waals surface area contributed by atoms with Crippen molar-refractivity contribution in [1.29, 1.82) is 0 Å². The second-order valence-electron chi connectivity index (χ2n) is 3.61.